The number of esters is 1. The molecule has 0 spiro atoms. The van der Waals surface area contributed by atoms with Crippen LogP contribution < -0.4 is 9.47 Å². The molecule has 6 heteroatoms. The fraction of sp³-hybridized carbons (Fsp3) is 0.583. The molecule has 166 valence electrons. The summed E-state index contributed by atoms with van der Waals surface area (Å²) in [6, 6.07) is 7.81. The second-order valence-corrected chi connectivity index (χ2v) is 8.07. The van der Waals surface area contributed by atoms with Crippen LogP contribution in [0.15, 0.2) is 43.0 Å². The van der Waals surface area contributed by atoms with Crippen LogP contribution in [0.25, 0.3) is 0 Å². The van der Waals surface area contributed by atoms with Gasteiger partial charge in [0.1, 0.15) is 0 Å². The summed E-state index contributed by atoms with van der Waals surface area (Å²) >= 11 is 0. The number of carbonyl (C=O) groups is 1. The van der Waals surface area contributed by atoms with Crippen LogP contribution >= 0.6 is 0 Å². The summed E-state index contributed by atoms with van der Waals surface area (Å²) in [6.45, 7) is 8.40. The molecule has 0 amide bonds. The third-order valence-electron chi connectivity index (χ3n) is 5.01. The minimum absolute atomic E-state index is 0.130. The van der Waals surface area contributed by atoms with Crippen molar-refractivity contribution in [2.24, 2.45) is 5.41 Å². The number of ether oxygens (including phenoxy) is 3. The Hall–Kier alpha value is -2.50. The average Bonchev–Trinajstić information content (AvgIpc) is 3.25. The van der Waals surface area contributed by atoms with Crippen LogP contribution in [-0.2, 0) is 16.1 Å². The molecule has 0 saturated carbocycles. The van der Waals surface area contributed by atoms with Crippen molar-refractivity contribution in [3.63, 3.8) is 0 Å². The SMILES string of the molecule is CCOC(=O)C(C)(C)CCCCOc1ccccc1OCCCCCn1ccnc1. The molecular weight excluding hydrogens is 380 g/mol. The number of benzene rings is 1. The molecule has 0 N–H and O–H groups in total. The molecule has 2 rings (SSSR count). The minimum atomic E-state index is -0.450. The number of rotatable bonds is 15. The number of carbonyl (C=O) groups excluding carboxylic acids is 1. The normalized spacial score (nSPS) is 11.3. The molecule has 2 aromatic rings. The summed E-state index contributed by atoms with van der Waals surface area (Å²) < 4.78 is 19.1. The molecule has 30 heavy (non-hydrogen) atoms. The summed E-state index contributed by atoms with van der Waals surface area (Å²) in [5.41, 5.74) is -0.450. The molecule has 0 bridgehead atoms. The molecule has 0 saturated heterocycles. The predicted octanol–water partition coefficient (Wildman–Crippen LogP) is 5.27. The van der Waals surface area contributed by atoms with Gasteiger partial charge in [0.05, 0.1) is 31.6 Å². The Morgan fingerprint density at radius 3 is 2.27 bits per heavy atom. The maximum atomic E-state index is 11.9. The second-order valence-electron chi connectivity index (χ2n) is 8.07. The summed E-state index contributed by atoms with van der Waals surface area (Å²) in [5.74, 6) is 1.44. The van der Waals surface area contributed by atoms with E-state index in [1.165, 1.54) is 0 Å². The molecule has 0 fully saturated rings. The predicted molar refractivity (Wildman–Crippen MR) is 118 cm³/mol. The van der Waals surface area contributed by atoms with E-state index in [0.29, 0.717) is 19.8 Å². The Bertz CT molecular complexity index is 729. The molecule has 0 aliphatic carbocycles. The number of hydrogen-bond donors (Lipinski definition) is 0. The van der Waals surface area contributed by atoms with Crippen molar-refractivity contribution >= 4 is 5.97 Å². The fourth-order valence-corrected chi connectivity index (χ4v) is 3.14. The first kappa shape index (κ1) is 23.8. The van der Waals surface area contributed by atoms with Crippen molar-refractivity contribution in [1.29, 1.82) is 0 Å². The van der Waals surface area contributed by atoms with Gasteiger partial charge in [-0.15, -0.1) is 0 Å². The zero-order valence-corrected chi connectivity index (χ0v) is 18.6. The molecule has 0 atom stereocenters. The maximum Gasteiger partial charge on any atom is 0.311 e. The van der Waals surface area contributed by atoms with Crippen molar-refractivity contribution in [2.75, 3.05) is 19.8 Å². The highest BCUT2D eigenvalue weighted by Gasteiger charge is 2.28. The Labute approximate surface area is 180 Å². The van der Waals surface area contributed by atoms with Gasteiger partial charge in [-0.05, 0) is 71.4 Å². The zero-order chi connectivity index (χ0) is 21.7. The molecule has 6 nitrogen and oxygen atoms in total. The van der Waals surface area contributed by atoms with Crippen LogP contribution in [0.5, 0.6) is 11.5 Å². The van der Waals surface area contributed by atoms with Gasteiger partial charge < -0.3 is 18.8 Å². The Balaban J connectivity index is 1.62. The van der Waals surface area contributed by atoms with E-state index >= 15 is 0 Å². The van der Waals surface area contributed by atoms with Gasteiger partial charge in [-0.3, -0.25) is 4.79 Å². The molecule has 0 aliphatic rings. The monoisotopic (exact) mass is 416 g/mol. The largest absolute Gasteiger partial charge is 0.490 e. The summed E-state index contributed by atoms with van der Waals surface area (Å²) in [5, 5.41) is 0. The quantitative estimate of drug-likeness (QED) is 0.292. The number of nitrogens with zero attached hydrogens (tertiary/aromatic N) is 2. The van der Waals surface area contributed by atoms with Crippen LogP contribution in [0, 0.1) is 5.41 Å². The first-order valence-corrected chi connectivity index (χ1v) is 11.0. The van der Waals surface area contributed by atoms with Crippen LogP contribution in [0.4, 0.5) is 0 Å². The van der Waals surface area contributed by atoms with Crippen molar-refractivity contribution in [3.8, 4) is 11.5 Å². The smallest absolute Gasteiger partial charge is 0.311 e. The van der Waals surface area contributed by atoms with Gasteiger partial charge in [-0.2, -0.15) is 0 Å². The third-order valence-corrected chi connectivity index (χ3v) is 5.01. The van der Waals surface area contributed by atoms with Crippen LogP contribution in [0.3, 0.4) is 0 Å². The molecule has 1 aromatic heterocycles. The summed E-state index contributed by atoms with van der Waals surface area (Å²) in [4.78, 5) is 16.0. The van der Waals surface area contributed by atoms with E-state index < -0.39 is 5.41 Å². The van der Waals surface area contributed by atoms with Crippen molar-refractivity contribution < 1.29 is 19.0 Å². The summed E-state index contributed by atoms with van der Waals surface area (Å²) in [7, 11) is 0. The van der Waals surface area contributed by atoms with E-state index in [2.05, 4.69) is 9.55 Å². The number of unbranched alkanes of at least 4 members (excludes halogenated alkanes) is 3. The Morgan fingerprint density at radius 2 is 1.67 bits per heavy atom. The minimum Gasteiger partial charge on any atom is -0.490 e. The first-order chi connectivity index (χ1) is 14.5. The van der Waals surface area contributed by atoms with E-state index in [-0.39, 0.29) is 5.97 Å². The molecule has 1 aromatic carbocycles. The molecule has 1 heterocycles. The highest BCUT2D eigenvalue weighted by atomic mass is 16.5. The lowest BCUT2D eigenvalue weighted by molar-refractivity contribution is -0.153. The summed E-state index contributed by atoms with van der Waals surface area (Å²) in [6.07, 6.45) is 11.4. The molecule has 0 unspecified atom stereocenters. The van der Waals surface area contributed by atoms with Gasteiger partial charge in [-0.1, -0.05) is 12.1 Å². The van der Waals surface area contributed by atoms with Gasteiger partial charge in [0.2, 0.25) is 0 Å². The number of para-hydroxylation sites is 2. The molecule has 0 aliphatic heterocycles. The highest BCUT2D eigenvalue weighted by molar-refractivity contribution is 5.75. The lowest BCUT2D eigenvalue weighted by atomic mass is 9.87. The van der Waals surface area contributed by atoms with Crippen molar-refractivity contribution in [3.05, 3.63) is 43.0 Å². The highest BCUT2D eigenvalue weighted by Crippen LogP contribution is 2.28. The number of aromatic nitrogens is 2. The third kappa shape index (κ3) is 8.47. The van der Waals surface area contributed by atoms with Gasteiger partial charge in [0.25, 0.3) is 0 Å². The van der Waals surface area contributed by atoms with Crippen LogP contribution in [0.2, 0.25) is 0 Å². The van der Waals surface area contributed by atoms with Crippen molar-refractivity contribution in [2.45, 2.75) is 65.8 Å². The second kappa shape index (κ2) is 12.9. The van der Waals surface area contributed by atoms with E-state index in [0.717, 1.165) is 56.6 Å². The van der Waals surface area contributed by atoms with Crippen LogP contribution in [0.1, 0.15) is 59.3 Å². The van der Waals surface area contributed by atoms with E-state index in [1.54, 1.807) is 6.20 Å². The zero-order valence-electron chi connectivity index (χ0n) is 18.6. The van der Waals surface area contributed by atoms with Gasteiger partial charge in [0.15, 0.2) is 11.5 Å². The Morgan fingerprint density at radius 1 is 1.00 bits per heavy atom. The first-order valence-electron chi connectivity index (χ1n) is 11.0. The number of aryl methyl sites for hydroxylation is 1. The van der Waals surface area contributed by atoms with E-state index in [1.807, 2.05) is 57.6 Å². The van der Waals surface area contributed by atoms with Gasteiger partial charge in [0, 0.05) is 18.9 Å². The Kier molecular flexibility index (Phi) is 10.3. The number of imidazole rings is 1. The van der Waals surface area contributed by atoms with Gasteiger partial charge in [-0.25, -0.2) is 4.98 Å². The number of hydrogen-bond acceptors (Lipinski definition) is 5. The van der Waals surface area contributed by atoms with Crippen LogP contribution in [-0.4, -0.2) is 35.3 Å². The molecular formula is C24H36N2O4. The van der Waals surface area contributed by atoms with E-state index in [4.69, 9.17) is 14.2 Å². The average molecular weight is 417 g/mol. The van der Waals surface area contributed by atoms with E-state index in [9.17, 15) is 4.79 Å². The topological polar surface area (TPSA) is 62.6 Å². The van der Waals surface area contributed by atoms with Crippen molar-refractivity contribution in [1.82, 2.24) is 9.55 Å². The lowest BCUT2D eigenvalue weighted by Crippen LogP contribution is -2.26. The maximum absolute atomic E-state index is 11.9. The fourth-order valence-electron chi connectivity index (χ4n) is 3.14. The standard InChI is InChI=1S/C24H36N2O4/c1-4-28-23(27)24(2,3)14-8-11-19-30-22-13-7-6-12-21(22)29-18-10-5-9-16-26-17-15-25-20-26/h6-7,12-13,15,17,20H,4-5,8-11,14,16,18-19H2,1-3H3. The lowest BCUT2D eigenvalue weighted by Gasteiger charge is -2.22. The van der Waals surface area contributed by atoms with Gasteiger partial charge >= 0.3 is 5.97 Å². The molecule has 0 radical (unpaired) electrons.